The van der Waals surface area contributed by atoms with Crippen molar-refractivity contribution in [2.75, 3.05) is 7.11 Å². The second-order valence-electron chi connectivity index (χ2n) is 4.91. The second kappa shape index (κ2) is 7.16. The van der Waals surface area contributed by atoms with Gasteiger partial charge in [-0.25, -0.2) is 0 Å². The molecule has 5 heteroatoms. The van der Waals surface area contributed by atoms with Crippen LogP contribution in [0.4, 0.5) is 0 Å². The monoisotopic (exact) mass is 325 g/mol. The molecule has 21 heavy (non-hydrogen) atoms. The summed E-state index contributed by atoms with van der Waals surface area (Å²) in [6, 6.07) is 9.59. The molecule has 1 aromatic heterocycles. The summed E-state index contributed by atoms with van der Waals surface area (Å²) in [7, 11) is 1.64. The summed E-state index contributed by atoms with van der Waals surface area (Å²) in [5.74, 6) is 1.41. The Morgan fingerprint density at radius 3 is 2.57 bits per heavy atom. The molecule has 114 valence electrons. The predicted molar refractivity (Wildman–Crippen MR) is 88.7 cm³/mol. The minimum atomic E-state index is -0.232. The highest BCUT2D eigenvalue weighted by Crippen LogP contribution is 2.36. The molecule has 0 saturated carbocycles. The molecule has 0 radical (unpaired) electrons. The highest BCUT2D eigenvalue weighted by atomic mass is 35.5. The Morgan fingerprint density at radius 1 is 1.24 bits per heavy atom. The van der Waals surface area contributed by atoms with Crippen molar-refractivity contribution in [1.82, 2.24) is 0 Å². The molecular weight excluding hydrogens is 306 g/mol. The third-order valence-electron chi connectivity index (χ3n) is 3.31. The minimum absolute atomic E-state index is 0.106. The molecule has 0 aliphatic heterocycles. The molecule has 2 rings (SSSR count). The van der Waals surface area contributed by atoms with E-state index in [1.807, 2.05) is 44.2 Å². The summed E-state index contributed by atoms with van der Waals surface area (Å²) >= 11 is 7.53. The van der Waals surface area contributed by atoms with Crippen LogP contribution in [0.25, 0.3) is 0 Å². The Bertz CT molecular complexity index is 600. The lowest BCUT2D eigenvalue weighted by Crippen LogP contribution is -2.31. The Labute approximate surface area is 134 Å². The molecule has 2 atom stereocenters. The van der Waals surface area contributed by atoms with E-state index in [9.17, 15) is 0 Å². The van der Waals surface area contributed by atoms with Crippen LogP contribution in [0.2, 0.25) is 4.34 Å². The third-order valence-corrected chi connectivity index (χ3v) is 4.60. The first-order valence-electron chi connectivity index (χ1n) is 6.87. The van der Waals surface area contributed by atoms with Crippen LogP contribution in [0.1, 0.15) is 29.9 Å². The van der Waals surface area contributed by atoms with Gasteiger partial charge in [-0.05, 0) is 43.2 Å². The summed E-state index contributed by atoms with van der Waals surface area (Å²) in [5, 5.41) is 0. The molecule has 0 fully saturated rings. The topological polar surface area (TPSA) is 44.5 Å². The number of hydrogen-bond donors (Lipinski definition) is 1. The van der Waals surface area contributed by atoms with Crippen molar-refractivity contribution in [1.29, 1.82) is 0 Å². The number of nitrogens with two attached hydrogens (primary N) is 1. The van der Waals surface area contributed by atoms with Crippen LogP contribution in [0, 0.1) is 6.92 Å². The molecule has 1 heterocycles. The first-order valence-corrected chi connectivity index (χ1v) is 8.06. The Kier molecular flexibility index (Phi) is 5.51. The standard InChI is InChI=1S/C16H20ClNO2S/c1-4-11(18)16(14-7-8-15(17)21-14)20-12-6-5-10(2)9-13(12)19-3/h5-9,11,16H,4,18H2,1-3H3. The van der Waals surface area contributed by atoms with Gasteiger partial charge in [-0.3, -0.25) is 0 Å². The molecule has 3 nitrogen and oxygen atoms in total. The fourth-order valence-electron chi connectivity index (χ4n) is 2.06. The molecule has 0 aliphatic rings. The first-order chi connectivity index (χ1) is 10.0. The molecule has 2 N–H and O–H groups in total. The van der Waals surface area contributed by atoms with Crippen molar-refractivity contribution < 1.29 is 9.47 Å². The number of rotatable bonds is 6. The summed E-state index contributed by atoms with van der Waals surface area (Å²) in [4.78, 5) is 1.02. The zero-order chi connectivity index (χ0) is 15.4. The van der Waals surface area contributed by atoms with Crippen molar-refractivity contribution in [2.45, 2.75) is 32.4 Å². The summed E-state index contributed by atoms with van der Waals surface area (Å²) in [5.41, 5.74) is 7.35. The molecule has 0 amide bonds. The van der Waals surface area contributed by atoms with E-state index in [0.29, 0.717) is 11.5 Å². The number of thiophene rings is 1. The number of halogens is 1. The SMILES string of the molecule is CCC(N)C(Oc1ccc(C)cc1OC)c1ccc(Cl)s1. The van der Waals surface area contributed by atoms with Gasteiger partial charge in [-0.1, -0.05) is 24.6 Å². The van der Waals surface area contributed by atoms with E-state index in [-0.39, 0.29) is 12.1 Å². The van der Waals surface area contributed by atoms with E-state index < -0.39 is 0 Å². The Morgan fingerprint density at radius 2 is 2.00 bits per heavy atom. The van der Waals surface area contributed by atoms with E-state index in [1.54, 1.807) is 7.11 Å². The lowest BCUT2D eigenvalue weighted by Gasteiger charge is -2.24. The Hall–Kier alpha value is -1.23. The number of aryl methyl sites for hydroxylation is 1. The maximum Gasteiger partial charge on any atom is 0.162 e. The molecule has 0 aliphatic carbocycles. The van der Waals surface area contributed by atoms with Crippen molar-refractivity contribution >= 4 is 22.9 Å². The highest BCUT2D eigenvalue weighted by Gasteiger charge is 2.23. The van der Waals surface area contributed by atoms with E-state index in [0.717, 1.165) is 21.2 Å². The van der Waals surface area contributed by atoms with Gasteiger partial charge in [-0.15, -0.1) is 11.3 Å². The highest BCUT2D eigenvalue weighted by molar-refractivity contribution is 7.16. The van der Waals surface area contributed by atoms with Crippen molar-refractivity contribution in [3.8, 4) is 11.5 Å². The van der Waals surface area contributed by atoms with Gasteiger partial charge in [0.05, 0.1) is 11.4 Å². The number of benzene rings is 1. The van der Waals surface area contributed by atoms with Crippen LogP contribution in [0.5, 0.6) is 11.5 Å². The summed E-state index contributed by atoms with van der Waals surface area (Å²) < 4.78 is 12.3. The molecule has 0 spiro atoms. The van der Waals surface area contributed by atoms with E-state index in [1.165, 1.54) is 11.3 Å². The van der Waals surface area contributed by atoms with Gasteiger partial charge >= 0.3 is 0 Å². The fourth-order valence-corrected chi connectivity index (χ4v) is 3.23. The minimum Gasteiger partial charge on any atom is -0.493 e. The average Bonchev–Trinajstić information content (AvgIpc) is 2.91. The number of methoxy groups -OCH3 is 1. The predicted octanol–water partition coefficient (Wildman–Crippen LogP) is 4.58. The zero-order valence-electron chi connectivity index (χ0n) is 12.4. The molecule has 0 bridgehead atoms. The molecule has 2 aromatic rings. The number of ether oxygens (including phenoxy) is 2. The third kappa shape index (κ3) is 3.90. The van der Waals surface area contributed by atoms with Crippen molar-refractivity contribution in [3.63, 3.8) is 0 Å². The summed E-state index contributed by atoms with van der Waals surface area (Å²) in [6.45, 7) is 4.06. The van der Waals surface area contributed by atoms with Crippen LogP contribution >= 0.6 is 22.9 Å². The number of hydrogen-bond acceptors (Lipinski definition) is 4. The largest absolute Gasteiger partial charge is 0.493 e. The smallest absolute Gasteiger partial charge is 0.162 e. The lowest BCUT2D eigenvalue weighted by atomic mass is 10.1. The van der Waals surface area contributed by atoms with Gasteiger partial charge in [0.25, 0.3) is 0 Å². The van der Waals surface area contributed by atoms with Gasteiger partial charge in [0.2, 0.25) is 0 Å². The zero-order valence-corrected chi connectivity index (χ0v) is 14.0. The molecule has 2 unspecified atom stereocenters. The van der Waals surface area contributed by atoms with Gasteiger partial charge < -0.3 is 15.2 Å². The van der Waals surface area contributed by atoms with Gasteiger partial charge in [-0.2, -0.15) is 0 Å². The quantitative estimate of drug-likeness (QED) is 0.845. The fraction of sp³-hybridized carbons (Fsp3) is 0.375. The van der Waals surface area contributed by atoms with E-state index in [4.69, 9.17) is 26.8 Å². The first kappa shape index (κ1) is 16.1. The Balaban J connectivity index is 2.31. The van der Waals surface area contributed by atoms with Gasteiger partial charge in [0, 0.05) is 10.9 Å². The lowest BCUT2D eigenvalue weighted by molar-refractivity contribution is 0.168. The van der Waals surface area contributed by atoms with Crippen LogP contribution < -0.4 is 15.2 Å². The van der Waals surface area contributed by atoms with E-state index >= 15 is 0 Å². The van der Waals surface area contributed by atoms with Crippen LogP contribution in [0.15, 0.2) is 30.3 Å². The summed E-state index contributed by atoms with van der Waals surface area (Å²) in [6.07, 6.45) is 0.582. The second-order valence-corrected chi connectivity index (χ2v) is 6.65. The normalized spacial score (nSPS) is 13.8. The average molecular weight is 326 g/mol. The van der Waals surface area contributed by atoms with Gasteiger partial charge in [0.1, 0.15) is 6.10 Å². The van der Waals surface area contributed by atoms with Crippen molar-refractivity contribution in [2.24, 2.45) is 5.73 Å². The maximum absolute atomic E-state index is 6.23. The molecular formula is C16H20ClNO2S. The van der Waals surface area contributed by atoms with E-state index in [2.05, 4.69) is 0 Å². The van der Waals surface area contributed by atoms with Gasteiger partial charge in [0.15, 0.2) is 11.5 Å². The van der Waals surface area contributed by atoms with Crippen LogP contribution in [-0.2, 0) is 0 Å². The molecule has 1 aromatic carbocycles. The maximum atomic E-state index is 6.23. The molecule has 0 saturated heterocycles. The van der Waals surface area contributed by atoms with Crippen LogP contribution in [0.3, 0.4) is 0 Å². The van der Waals surface area contributed by atoms with Crippen molar-refractivity contribution in [3.05, 3.63) is 45.1 Å². The van der Waals surface area contributed by atoms with Crippen LogP contribution in [-0.4, -0.2) is 13.2 Å².